The second-order valence-electron chi connectivity index (χ2n) is 6.53. The molecule has 0 aliphatic rings. The van der Waals surface area contributed by atoms with Gasteiger partial charge in [-0.25, -0.2) is 14.2 Å². The van der Waals surface area contributed by atoms with Gasteiger partial charge in [0, 0.05) is 18.1 Å². The molecule has 2 aromatic carbocycles. The number of carbonyl (C=O) groups is 1. The van der Waals surface area contributed by atoms with Crippen molar-refractivity contribution in [2.24, 2.45) is 0 Å². The van der Waals surface area contributed by atoms with Gasteiger partial charge < -0.3 is 19.0 Å². The number of rotatable bonds is 9. The molecule has 1 atom stereocenters. The summed E-state index contributed by atoms with van der Waals surface area (Å²) in [6.07, 6.45) is -0.815. The summed E-state index contributed by atoms with van der Waals surface area (Å²) in [5, 5.41) is 9.59. The van der Waals surface area contributed by atoms with E-state index in [1.54, 1.807) is 50.2 Å². The molecular formula is C22H21ClFNO5. The third kappa shape index (κ3) is 5.17. The molecule has 0 spiro atoms. The monoisotopic (exact) mass is 433 g/mol. The molecule has 8 heteroatoms. The first-order valence-corrected chi connectivity index (χ1v) is 9.73. The SMILES string of the molecule is CCOC(Cc1ccc(OCc2nc(-c3ccccc3F)oc2C)cc1Cl)C(=O)O. The average molecular weight is 434 g/mol. The van der Waals surface area contributed by atoms with Crippen molar-refractivity contribution < 1.29 is 28.2 Å². The zero-order valence-corrected chi connectivity index (χ0v) is 17.3. The molecule has 0 aliphatic carbocycles. The summed E-state index contributed by atoms with van der Waals surface area (Å²) in [6.45, 7) is 3.86. The van der Waals surface area contributed by atoms with Crippen LogP contribution >= 0.6 is 11.6 Å². The van der Waals surface area contributed by atoms with Crippen molar-refractivity contribution >= 4 is 17.6 Å². The summed E-state index contributed by atoms with van der Waals surface area (Å²) in [7, 11) is 0. The lowest BCUT2D eigenvalue weighted by Crippen LogP contribution is -2.26. The molecule has 0 aliphatic heterocycles. The van der Waals surface area contributed by atoms with Crippen LogP contribution < -0.4 is 4.74 Å². The second-order valence-corrected chi connectivity index (χ2v) is 6.94. The molecule has 0 fully saturated rings. The minimum atomic E-state index is -1.04. The summed E-state index contributed by atoms with van der Waals surface area (Å²) >= 11 is 6.29. The van der Waals surface area contributed by atoms with Crippen LogP contribution in [-0.4, -0.2) is 28.8 Å². The number of halogens is 2. The van der Waals surface area contributed by atoms with E-state index in [0.717, 1.165) is 0 Å². The van der Waals surface area contributed by atoms with Crippen LogP contribution in [0.4, 0.5) is 4.39 Å². The van der Waals surface area contributed by atoms with Crippen LogP contribution in [-0.2, 0) is 22.6 Å². The molecule has 1 heterocycles. The maximum Gasteiger partial charge on any atom is 0.333 e. The molecule has 6 nitrogen and oxygen atoms in total. The number of hydrogen-bond donors (Lipinski definition) is 1. The maximum absolute atomic E-state index is 13.9. The van der Waals surface area contributed by atoms with E-state index >= 15 is 0 Å². The van der Waals surface area contributed by atoms with Crippen molar-refractivity contribution in [1.29, 1.82) is 0 Å². The lowest BCUT2D eigenvalue weighted by Gasteiger charge is -2.14. The van der Waals surface area contributed by atoms with Crippen molar-refractivity contribution in [2.45, 2.75) is 33.0 Å². The van der Waals surface area contributed by atoms with Gasteiger partial charge in [0.15, 0.2) is 6.10 Å². The van der Waals surface area contributed by atoms with E-state index in [2.05, 4.69) is 4.98 Å². The third-order valence-electron chi connectivity index (χ3n) is 4.45. The van der Waals surface area contributed by atoms with Gasteiger partial charge in [-0.05, 0) is 43.7 Å². The minimum Gasteiger partial charge on any atom is -0.487 e. The van der Waals surface area contributed by atoms with Crippen molar-refractivity contribution in [3.8, 4) is 17.2 Å². The van der Waals surface area contributed by atoms with Gasteiger partial charge in [0.25, 0.3) is 0 Å². The summed E-state index contributed by atoms with van der Waals surface area (Å²) in [4.78, 5) is 15.6. The van der Waals surface area contributed by atoms with Gasteiger partial charge in [-0.2, -0.15) is 0 Å². The number of aromatic nitrogens is 1. The van der Waals surface area contributed by atoms with Crippen LogP contribution in [0.1, 0.15) is 23.9 Å². The number of ether oxygens (including phenoxy) is 2. The van der Waals surface area contributed by atoms with Crippen LogP contribution in [0.3, 0.4) is 0 Å². The van der Waals surface area contributed by atoms with Crippen LogP contribution in [0.2, 0.25) is 5.02 Å². The first kappa shape index (κ1) is 21.8. The molecule has 1 N–H and O–H groups in total. The summed E-state index contributed by atoms with van der Waals surface area (Å²) in [5.41, 5.74) is 1.46. The molecule has 0 saturated heterocycles. The van der Waals surface area contributed by atoms with Gasteiger partial charge in [-0.3, -0.25) is 0 Å². The van der Waals surface area contributed by atoms with Crippen LogP contribution in [0.15, 0.2) is 46.9 Å². The Morgan fingerprint density at radius 2 is 2.07 bits per heavy atom. The van der Waals surface area contributed by atoms with Crippen molar-refractivity contribution in [1.82, 2.24) is 4.98 Å². The highest BCUT2D eigenvalue weighted by Crippen LogP contribution is 2.27. The Morgan fingerprint density at radius 1 is 1.30 bits per heavy atom. The van der Waals surface area contributed by atoms with Crippen molar-refractivity contribution in [3.05, 3.63) is 70.3 Å². The lowest BCUT2D eigenvalue weighted by molar-refractivity contribution is -0.149. The zero-order valence-electron chi connectivity index (χ0n) is 16.5. The largest absolute Gasteiger partial charge is 0.487 e. The average Bonchev–Trinajstić information content (AvgIpc) is 3.08. The molecule has 158 valence electrons. The minimum absolute atomic E-state index is 0.107. The number of carboxylic acid groups (broad SMARTS) is 1. The summed E-state index contributed by atoms with van der Waals surface area (Å²) < 4.78 is 30.5. The van der Waals surface area contributed by atoms with E-state index in [1.807, 2.05) is 0 Å². The highest BCUT2D eigenvalue weighted by molar-refractivity contribution is 6.31. The third-order valence-corrected chi connectivity index (χ3v) is 4.80. The second kappa shape index (κ2) is 9.73. The fourth-order valence-electron chi connectivity index (χ4n) is 2.87. The molecule has 3 rings (SSSR count). The van der Waals surface area contributed by atoms with E-state index in [-0.39, 0.29) is 24.5 Å². The predicted molar refractivity (Wildman–Crippen MR) is 109 cm³/mol. The molecule has 1 aromatic heterocycles. The van der Waals surface area contributed by atoms with Gasteiger partial charge in [-0.1, -0.05) is 29.8 Å². The van der Waals surface area contributed by atoms with E-state index in [9.17, 15) is 14.3 Å². The Balaban J connectivity index is 1.69. The normalized spacial score (nSPS) is 12.0. The smallest absolute Gasteiger partial charge is 0.333 e. The Kier molecular flexibility index (Phi) is 7.07. The highest BCUT2D eigenvalue weighted by Gasteiger charge is 2.20. The molecule has 0 saturated carbocycles. The first-order valence-electron chi connectivity index (χ1n) is 9.35. The van der Waals surface area contributed by atoms with Gasteiger partial charge in [-0.15, -0.1) is 0 Å². The number of benzene rings is 2. The van der Waals surface area contributed by atoms with E-state index in [1.165, 1.54) is 6.07 Å². The molecule has 1 unspecified atom stereocenters. The number of aliphatic carboxylic acids is 1. The summed E-state index contributed by atoms with van der Waals surface area (Å²) in [6, 6.07) is 11.2. The maximum atomic E-state index is 13.9. The standard InChI is InChI=1S/C22H21ClFNO5/c1-3-28-20(22(26)27)10-14-8-9-15(11-17(14)23)29-12-19-13(2)30-21(25-19)16-6-4-5-7-18(16)24/h4-9,11,20H,3,10,12H2,1-2H3,(H,26,27). The van der Waals surface area contributed by atoms with E-state index in [0.29, 0.717) is 34.4 Å². The van der Waals surface area contributed by atoms with Crippen LogP contribution in [0, 0.1) is 12.7 Å². The Labute approximate surface area is 178 Å². The zero-order chi connectivity index (χ0) is 21.7. The highest BCUT2D eigenvalue weighted by atomic mass is 35.5. The van der Waals surface area contributed by atoms with Gasteiger partial charge >= 0.3 is 5.97 Å². The Hall–Kier alpha value is -2.90. The van der Waals surface area contributed by atoms with Crippen LogP contribution in [0.5, 0.6) is 5.75 Å². The predicted octanol–water partition coefficient (Wildman–Crippen LogP) is 5.05. The van der Waals surface area contributed by atoms with Gasteiger partial charge in [0.05, 0.1) is 5.56 Å². The number of hydrogen-bond acceptors (Lipinski definition) is 5. The van der Waals surface area contributed by atoms with Crippen LogP contribution in [0.25, 0.3) is 11.5 Å². The van der Waals surface area contributed by atoms with E-state index < -0.39 is 17.9 Å². The summed E-state index contributed by atoms with van der Waals surface area (Å²) in [5.74, 6) is -0.257. The first-order chi connectivity index (χ1) is 14.4. The lowest BCUT2D eigenvalue weighted by atomic mass is 10.1. The topological polar surface area (TPSA) is 81.8 Å². The molecule has 30 heavy (non-hydrogen) atoms. The van der Waals surface area contributed by atoms with Crippen molar-refractivity contribution in [3.63, 3.8) is 0 Å². The number of aryl methyl sites for hydroxylation is 1. The Bertz CT molecular complexity index is 1040. The fourth-order valence-corrected chi connectivity index (χ4v) is 3.11. The molecule has 0 amide bonds. The number of nitrogens with zero attached hydrogens (tertiary/aromatic N) is 1. The fraction of sp³-hybridized carbons (Fsp3) is 0.273. The molecular weight excluding hydrogens is 413 g/mol. The number of carboxylic acids is 1. The van der Waals surface area contributed by atoms with Gasteiger partial charge in [0.1, 0.15) is 29.6 Å². The molecule has 3 aromatic rings. The number of oxazole rings is 1. The van der Waals surface area contributed by atoms with E-state index in [4.69, 9.17) is 25.5 Å². The van der Waals surface area contributed by atoms with Gasteiger partial charge in [0.2, 0.25) is 5.89 Å². The molecule has 0 bridgehead atoms. The Morgan fingerprint density at radius 3 is 2.73 bits per heavy atom. The quantitative estimate of drug-likeness (QED) is 0.508. The molecule has 0 radical (unpaired) electrons. The van der Waals surface area contributed by atoms with Crippen molar-refractivity contribution in [2.75, 3.05) is 6.61 Å².